The van der Waals surface area contributed by atoms with Crippen LogP contribution in [0.3, 0.4) is 0 Å². The summed E-state index contributed by atoms with van der Waals surface area (Å²) in [4.78, 5) is 29.0. The van der Waals surface area contributed by atoms with Gasteiger partial charge in [0.05, 0.1) is 5.57 Å². The lowest BCUT2D eigenvalue weighted by atomic mass is 9.87. The van der Waals surface area contributed by atoms with Crippen molar-refractivity contribution >= 4 is 23.3 Å². The predicted octanol–water partition coefficient (Wildman–Crippen LogP) is 3.36. The SMILES string of the molecule is CNc1cc(F)cc2c1CC(=O)C(C(=O)CCCc1ccccn1)=C2. The average Bonchev–Trinajstić information content (AvgIpc) is 2.61. The number of anilines is 1. The molecule has 0 radical (unpaired) electrons. The molecule has 1 aromatic heterocycles. The molecule has 0 spiro atoms. The smallest absolute Gasteiger partial charge is 0.170 e. The molecule has 1 aliphatic rings. The fourth-order valence-electron chi connectivity index (χ4n) is 3.05. The van der Waals surface area contributed by atoms with Crippen molar-refractivity contribution in [3.63, 3.8) is 0 Å². The highest BCUT2D eigenvalue weighted by Crippen LogP contribution is 2.30. The second-order valence-corrected chi connectivity index (χ2v) is 6.03. The standard InChI is InChI=1S/C20H19FN2O2/c1-22-18-11-14(21)9-13-10-17(20(25)12-16(13)18)19(24)7-4-6-15-5-2-3-8-23-15/h2-3,5,8-11,22H,4,6-7,12H2,1H3. The maximum Gasteiger partial charge on any atom is 0.170 e. The van der Waals surface area contributed by atoms with Gasteiger partial charge in [0.2, 0.25) is 0 Å². The van der Waals surface area contributed by atoms with E-state index in [0.717, 1.165) is 11.3 Å². The lowest BCUT2D eigenvalue weighted by Crippen LogP contribution is -2.20. The second kappa shape index (κ2) is 7.38. The first kappa shape index (κ1) is 17.0. The molecular formula is C20H19FN2O2. The number of Topliss-reactive ketones (excluding diaryl/α,β-unsaturated/α-hetero) is 2. The Balaban J connectivity index is 1.74. The van der Waals surface area contributed by atoms with Crippen molar-refractivity contribution in [1.29, 1.82) is 0 Å². The topological polar surface area (TPSA) is 59.1 Å². The van der Waals surface area contributed by atoms with Gasteiger partial charge in [-0.25, -0.2) is 4.39 Å². The summed E-state index contributed by atoms with van der Waals surface area (Å²) in [6.07, 6.45) is 4.94. The van der Waals surface area contributed by atoms with Gasteiger partial charge in [-0.05, 0) is 54.3 Å². The van der Waals surface area contributed by atoms with Gasteiger partial charge in [-0.15, -0.1) is 0 Å². The number of hydrogen-bond acceptors (Lipinski definition) is 4. The number of ketones is 2. The molecule has 1 aromatic carbocycles. The first-order valence-electron chi connectivity index (χ1n) is 8.26. The molecule has 3 rings (SSSR count). The number of aromatic nitrogens is 1. The zero-order valence-electron chi connectivity index (χ0n) is 14.0. The Morgan fingerprint density at radius 3 is 2.88 bits per heavy atom. The normalized spacial score (nSPS) is 13.2. The summed E-state index contributed by atoms with van der Waals surface area (Å²) < 4.78 is 13.7. The average molecular weight is 338 g/mol. The Hall–Kier alpha value is -2.82. The molecule has 4 nitrogen and oxygen atoms in total. The first-order valence-corrected chi connectivity index (χ1v) is 8.26. The molecule has 5 heteroatoms. The van der Waals surface area contributed by atoms with E-state index in [1.807, 2.05) is 18.2 Å². The molecule has 0 saturated heterocycles. The number of carbonyl (C=O) groups excluding carboxylic acids is 2. The van der Waals surface area contributed by atoms with Gasteiger partial charge in [0.1, 0.15) is 5.82 Å². The summed E-state index contributed by atoms with van der Waals surface area (Å²) in [5.74, 6) is -0.795. The van der Waals surface area contributed by atoms with Crippen LogP contribution in [-0.4, -0.2) is 23.6 Å². The minimum atomic E-state index is -0.393. The summed E-state index contributed by atoms with van der Waals surface area (Å²) in [7, 11) is 1.68. The van der Waals surface area contributed by atoms with Crippen molar-refractivity contribution < 1.29 is 14.0 Å². The Labute approximate surface area is 145 Å². The largest absolute Gasteiger partial charge is 0.388 e. The third kappa shape index (κ3) is 3.82. The third-order valence-electron chi connectivity index (χ3n) is 4.32. The summed E-state index contributed by atoms with van der Waals surface area (Å²) in [6.45, 7) is 0. The van der Waals surface area contributed by atoms with Crippen LogP contribution < -0.4 is 5.32 Å². The number of aryl methyl sites for hydroxylation is 1. The number of nitrogens with zero attached hydrogens (tertiary/aromatic N) is 1. The monoisotopic (exact) mass is 338 g/mol. The van der Waals surface area contributed by atoms with Gasteiger partial charge in [-0.1, -0.05) is 6.07 Å². The van der Waals surface area contributed by atoms with Crippen LogP contribution >= 0.6 is 0 Å². The van der Waals surface area contributed by atoms with E-state index >= 15 is 0 Å². The first-order chi connectivity index (χ1) is 12.1. The molecule has 128 valence electrons. The van der Waals surface area contributed by atoms with Crippen LogP contribution in [0.2, 0.25) is 0 Å². The second-order valence-electron chi connectivity index (χ2n) is 6.03. The predicted molar refractivity (Wildman–Crippen MR) is 94.8 cm³/mol. The molecule has 1 heterocycles. The van der Waals surface area contributed by atoms with Gasteiger partial charge in [0, 0.05) is 37.5 Å². The highest BCUT2D eigenvalue weighted by molar-refractivity contribution is 6.25. The van der Waals surface area contributed by atoms with E-state index in [9.17, 15) is 14.0 Å². The molecular weight excluding hydrogens is 319 g/mol. The van der Waals surface area contributed by atoms with Crippen molar-refractivity contribution in [2.24, 2.45) is 0 Å². The molecule has 0 amide bonds. The maximum atomic E-state index is 13.7. The van der Waals surface area contributed by atoms with Crippen LogP contribution in [0.15, 0.2) is 42.1 Å². The number of rotatable bonds is 6. The number of carbonyl (C=O) groups is 2. The Morgan fingerprint density at radius 1 is 1.32 bits per heavy atom. The van der Waals surface area contributed by atoms with Crippen molar-refractivity contribution in [3.8, 4) is 0 Å². The van der Waals surface area contributed by atoms with Crippen LogP contribution in [0.1, 0.15) is 29.7 Å². The van der Waals surface area contributed by atoms with Gasteiger partial charge in [-0.2, -0.15) is 0 Å². The summed E-state index contributed by atoms with van der Waals surface area (Å²) in [5, 5.41) is 2.90. The number of hydrogen-bond donors (Lipinski definition) is 1. The molecule has 1 aliphatic carbocycles. The number of pyridine rings is 1. The molecule has 25 heavy (non-hydrogen) atoms. The summed E-state index contributed by atoms with van der Waals surface area (Å²) >= 11 is 0. The van der Waals surface area contributed by atoms with Crippen LogP contribution in [0.25, 0.3) is 6.08 Å². The Kier molecular flexibility index (Phi) is 5.03. The Morgan fingerprint density at radius 2 is 2.16 bits per heavy atom. The van der Waals surface area contributed by atoms with Crippen molar-refractivity contribution in [2.75, 3.05) is 12.4 Å². The van der Waals surface area contributed by atoms with Gasteiger partial charge < -0.3 is 5.32 Å². The number of allylic oxidation sites excluding steroid dienone is 1. The van der Waals surface area contributed by atoms with E-state index in [-0.39, 0.29) is 30.0 Å². The fourth-order valence-corrected chi connectivity index (χ4v) is 3.05. The maximum absolute atomic E-state index is 13.7. The fraction of sp³-hybridized carbons (Fsp3) is 0.250. The van der Waals surface area contributed by atoms with E-state index in [1.165, 1.54) is 18.2 Å². The van der Waals surface area contributed by atoms with Gasteiger partial charge in [0.25, 0.3) is 0 Å². The molecule has 0 fully saturated rings. The number of fused-ring (bicyclic) bond motifs is 1. The number of benzene rings is 1. The highest BCUT2D eigenvalue weighted by Gasteiger charge is 2.25. The van der Waals surface area contributed by atoms with Crippen LogP contribution in [0.4, 0.5) is 10.1 Å². The van der Waals surface area contributed by atoms with E-state index in [2.05, 4.69) is 10.3 Å². The number of nitrogens with one attached hydrogen (secondary N) is 1. The third-order valence-corrected chi connectivity index (χ3v) is 4.32. The van der Waals surface area contributed by atoms with Crippen molar-refractivity contribution in [1.82, 2.24) is 4.98 Å². The van der Waals surface area contributed by atoms with Crippen LogP contribution in [0, 0.1) is 5.82 Å². The molecule has 0 atom stereocenters. The summed E-state index contributed by atoms with van der Waals surface area (Å²) in [5.41, 5.74) is 3.00. The van der Waals surface area contributed by atoms with Crippen molar-refractivity contribution in [2.45, 2.75) is 25.7 Å². The molecule has 0 aliphatic heterocycles. The van der Waals surface area contributed by atoms with E-state index in [4.69, 9.17) is 0 Å². The molecule has 2 aromatic rings. The zero-order valence-corrected chi connectivity index (χ0v) is 14.0. The van der Waals surface area contributed by atoms with E-state index in [1.54, 1.807) is 13.2 Å². The lowest BCUT2D eigenvalue weighted by Gasteiger charge is -2.18. The van der Waals surface area contributed by atoms with Crippen LogP contribution in [0.5, 0.6) is 0 Å². The Bertz CT molecular complexity index is 844. The molecule has 0 saturated carbocycles. The molecule has 0 bridgehead atoms. The highest BCUT2D eigenvalue weighted by atomic mass is 19.1. The summed E-state index contributed by atoms with van der Waals surface area (Å²) in [6, 6.07) is 8.38. The number of halogens is 1. The zero-order chi connectivity index (χ0) is 17.8. The van der Waals surface area contributed by atoms with Crippen LogP contribution in [-0.2, 0) is 22.4 Å². The van der Waals surface area contributed by atoms with Gasteiger partial charge in [0.15, 0.2) is 11.6 Å². The minimum Gasteiger partial charge on any atom is -0.388 e. The molecule has 1 N–H and O–H groups in total. The minimum absolute atomic E-state index is 0.115. The van der Waals surface area contributed by atoms with Gasteiger partial charge in [-0.3, -0.25) is 14.6 Å². The van der Waals surface area contributed by atoms with E-state index in [0.29, 0.717) is 24.1 Å². The van der Waals surface area contributed by atoms with Gasteiger partial charge >= 0.3 is 0 Å². The lowest BCUT2D eigenvalue weighted by molar-refractivity contribution is -0.121. The van der Waals surface area contributed by atoms with E-state index < -0.39 is 5.82 Å². The van der Waals surface area contributed by atoms with Crippen molar-refractivity contribution in [3.05, 3.63) is 64.7 Å². The quantitative estimate of drug-likeness (QED) is 0.821. The molecule has 0 unspecified atom stereocenters.